The average Bonchev–Trinajstić information content (AvgIpc) is 2.39. The number of thioether (sulfide) groups is 1. The number of hydrogen-bond donors (Lipinski definition) is 1. The Morgan fingerprint density at radius 3 is 2.50 bits per heavy atom. The van der Waals surface area contributed by atoms with Gasteiger partial charge in [-0.05, 0) is 24.5 Å². The van der Waals surface area contributed by atoms with E-state index in [0.717, 1.165) is 17.3 Å². The number of benzene rings is 1. The molecule has 0 aromatic heterocycles. The monoisotopic (exact) mass is 285 g/mol. The maximum Gasteiger partial charge on any atom is 0.0446 e. The molecule has 0 radical (unpaired) electrons. The van der Waals surface area contributed by atoms with Crippen LogP contribution >= 0.6 is 23.4 Å². The zero-order valence-corrected chi connectivity index (χ0v) is 13.2. The SMILES string of the molecule is CCC(CC)NCC(C)SCc1ccccc1Cl. The van der Waals surface area contributed by atoms with E-state index in [1.165, 1.54) is 18.4 Å². The van der Waals surface area contributed by atoms with Crippen molar-refractivity contribution in [2.45, 2.75) is 50.7 Å². The predicted octanol–water partition coefficient (Wildman–Crippen LogP) is 4.74. The Morgan fingerprint density at radius 2 is 1.89 bits per heavy atom. The van der Waals surface area contributed by atoms with Gasteiger partial charge in [-0.1, -0.05) is 50.6 Å². The quantitative estimate of drug-likeness (QED) is 0.740. The van der Waals surface area contributed by atoms with E-state index < -0.39 is 0 Å². The van der Waals surface area contributed by atoms with Gasteiger partial charge >= 0.3 is 0 Å². The lowest BCUT2D eigenvalue weighted by atomic mass is 10.2. The summed E-state index contributed by atoms with van der Waals surface area (Å²) in [7, 11) is 0. The summed E-state index contributed by atoms with van der Waals surface area (Å²) in [5.74, 6) is 0.992. The molecule has 0 saturated heterocycles. The Labute approximate surface area is 121 Å². The van der Waals surface area contributed by atoms with Crippen LogP contribution in [0.4, 0.5) is 0 Å². The molecule has 0 fully saturated rings. The Morgan fingerprint density at radius 1 is 1.22 bits per heavy atom. The molecular weight excluding hydrogens is 262 g/mol. The normalized spacial score (nSPS) is 12.9. The van der Waals surface area contributed by atoms with Crippen molar-refractivity contribution >= 4 is 23.4 Å². The van der Waals surface area contributed by atoms with Crippen molar-refractivity contribution in [1.29, 1.82) is 0 Å². The molecule has 0 saturated carbocycles. The fraction of sp³-hybridized carbons (Fsp3) is 0.600. The summed E-state index contributed by atoms with van der Waals surface area (Å²) in [5.41, 5.74) is 1.23. The van der Waals surface area contributed by atoms with Gasteiger partial charge in [-0.3, -0.25) is 0 Å². The van der Waals surface area contributed by atoms with Crippen LogP contribution in [0.1, 0.15) is 39.2 Å². The fourth-order valence-electron chi connectivity index (χ4n) is 1.82. The summed E-state index contributed by atoms with van der Waals surface area (Å²) in [6, 6.07) is 8.76. The maximum atomic E-state index is 6.15. The Hall–Kier alpha value is -0.180. The maximum absolute atomic E-state index is 6.15. The first-order chi connectivity index (χ1) is 8.67. The summed E-state index contributed by atoms with van der Waals surface area (Å²) in [6.45, 7) is 7.82. The van der Waals surface area contributed by atoms with Crippen molar-refractivity contribution < 1.29 is 0 Å². The van der Waals surface area contributed by atoms with Crippen LogP contribution in [0.2, 0.25) is 5.02 Å². The molecule has 1 aromatic carbocycles. The van der Waals surface area contributed by atoms with E-state index in [9.17, 15) is 0 Å². The van der Waals surface area contributed by atoms with Crippen LogP contribution in [-0.4, -0.2) is 17.8 Å². The molecule has 0 amide bonds. The second-order valence-corrected chi connectivity index (χ2v) is 6.47. The van der Waals surface area contributed by atoms with Crippen molar-refractivity contribution in [3.05, 3.63) is 34.9 Å². The molecule has 3 heteroatoms. The van der Waals surface area contributed by atoms with Crippen molar-refractivity contribution in [3.63, 3.8) is 0 Å². The van der Waals surface area contributed by atoms with Gasteiger partial charge in [0.25, 0.3) is 0 Å². The van der Waals surface area contributed by atoms with Gasteiger partial charge < -0.3 is 5.32 Å². The molecule has 102 valence electrons. The molecule has 1 atom stereocenters. The second-order valence-electron chi connectivity index (χ2n) is 4.63. The number of rotatable bonds is 8. The van der Waals surface area contributed by atoms with Gasteiger partial charge in [0.15, 0.2) is 0 Å². The molecule has 0 heterocycles. The topological polar surface area (TPSA) is 12.0 Å². The Bertz CT molecular complexity index is 339. The number of halogens is 1. The van der Waals surface area contributed by atoms with Crippen LogP contribution in [0, 0.1) is 0 Å². The minimum absolute atomic E-state index is 0.613. The van der Waals surface area contributed by atoms with Crippen molar-refractivity contribution in [2.24, 2.45) is 0 Å². The summed E-state index contributed by atoms with van der Waals surface area (Å²) in [5, 5.41) is 5.11. The second kappa shape index (κ2) is 8.84. The standard InChI is InChI=1S/C15H24ClNS/c1-4-14(5-2)17-10-12(3)18-11-13-8-6-7-9-15(13)16/h6-9,12,14,17H,4-5,10-11H2,1-3H3. The zero-order valence-electron chi connectivity index (χ0n) is 11.6. The molecule has 0 aliphatic carbocycles. The van der Waals surface area contributed by atoms with Gasteiger partial charge in [-0.2, -0.15) is 11.8 Å². The van der Waals surface area contributed by atoms with Crippen LogP contribution in [0.25, 0.3) is 0 Å². The number of nitrogens with one attached hydrogen (secondary N) is 1. The van der Waals surface area contributed by atoms with Gasteiger partial charge in [-0.15, -0.1) is 0 Å². The summed E-state index contributed by atoms with van der Waals surface area (Å²) in [4.78, 5) is 0. The molecule has 1 aromatic rings. The van der Waals surface area contributed by atoms with Gasteiger partial charge in [-0.25, -0.2) is 0 Å². The highest BCUT2D eigenvalue weighted by atomic mass is 35.5. The van der Waals surface area contributed by atoms with E-state index in [1.54, 1.807) is 0 Å². The van der Waals surface area contributed by atoms with Crippen LogP contribution in [-0.2, 0) is 5.75 Å². The largest absolute Gasteiger partial charge is 0.313 e. The van der Waals surface area contributed by atoms with E-state index in [0.29, 0.717) is 11.3 Å². The third-order valence-corrected chi connectivity index (χ3v) is 4.74. The summed E-state index contributed by atoms with van der Waals surface area (Å²) >= 11 is 8.11. The molecule has 0 bridgehead atoms. The van der Waals surface area contributed by atoms with E-state index in [4.69, 9.17) is 11.6 Å². The first kappa shape index (κ1) is 15.9. The Kier molecular flexibility index (Phi) is 7.80. The fourth-order valence-corrected chi connectivity index (χ4v) is 3.03. The first-order valence-corrected chi connectivity index (χ1v) is 8.18. The van der Waals surface area contributed by atoms with Crippen LogP contribution in [0.5, 0.6) is 0 Å². The van der Waals surface area contributed by atoms with Crippen LogP contribution in [0.3, 0.4) is 0 Å². The van der Waals surface area contributed by atoms with Gasteiger partial charge in [0.05, 0.1) is 0 Å². The highest BCUT2D eigenvalue weighted by Crippen LogP contribution is 2.23. The molecule has 1 unspecified atom stereocenters. The molecular formula is C15H24ClNS. The van der Waals surface area contributed by atoms with Gasteiger partial charge in [0, 0.05) is 28.6 Å². The smallest absolute Gasteiger partial charge is 0.0446 e. The van der Waals surface area contributed by atoms with Gasteiger partial charge in [0.1, 0.15) is 0 Å². The minimum atomic E-state index is 0.613. The summed E-state index contributed by atoms with van der Waals surface area (Å²) < 4.78 is 0. The highest BCUT2D eigenvalue weighted by molar-refractivity contribution is 7.99. The summed E-state index contributed by atoms with van der Waals surface area (Å²) in [6.07, 6.45) is 2.41. The highest BCUT2D eigenvalue weighted by Gasteiger charge is 2.08. The van der Waals surface area contributed by atoms with E-state index in [2.05, 4.69) is 38.2 Å². The lowest BCUT2D eigenvalue weighted by Gasteiger charge is -2.18. The lowest BCUT2D eigenvalue weighted by Crippen LogP contribution is -2.32. The van der Waals surface area contributed by atoms with Crippen molar-refractivity contribution in [3.8, 4) is 0 Å². The Balaban J connectivity index is 2.29. The van der Waals surface area contributed by atoms with Crippen LogP contribution < -0.4 is 5.32 Å². The van der Waals surface area contributed by atoms with E-state index in [-0.39, 0.29) is 0 Å². The average molecular weight is 286 g/mol. The third-order valence-electron chi connectivity index (χ3n) is 3.16. The molecule has 0 spiro atoms. The third kappa shape index (κ3) is 5.64. The molecule has 0 aliphatic rings. The number of hydrogen-bond acceptors (Lipinski definition) is 2. The minimum Gasteiger partial charge on any atom is -0.313 e. The van der Waals surface area contributed by atoms with Gasteiger partial charge in [0.2, 0.25) is 0 Å². The molecule has 1 rings (SSSR count). The molecule has 1 nitrogen and oxygen atoms in total. The zero-order chi connectivity index (χ0) is 13.4. The lowest BCUT2D eigenvalue weighted by molar-refractivity contribution is 0.488. The molecule has 0 aliphatic heterocycles. The van der Waals surface area contributed by atoms with E-state index in [1.807, 2.05) is 23.9 Å². The van der Waals surface area contributed by atoms with Crippen LogP contribution in [0.15, 0.2) is 24.3 Å². The predicted molar refractivity (Wildman–Crippen MR) is 84.6 cm³/mol. The first-order valence-electron chi connectivity index (χ1n) is 6.75. The molecule has 1 N–H and O–H groups in total. The molecule has 18 heavy (non-hydrogen) atoms. The van der Waals surface area contributed by atoms with Crippen molar-refractivity contribution in [2.75, 3.05) is 6.54 Å². The van der Waals surface area contributed by atoms with E-state index >= 15 is 0 Å². The van der Waals surface area contributed by atoms with Crippen molar-refractivity contribution in [1.82, 2.24) is 5.32 Å².